The standard InChI is InChI=1S/C15H19NO/c17-15-9-10-16(14-8-4-7-13(14)15)11-12-5-2-1-3-6-12/h1-3,5-6,13-14H,4,7-11H2/p+1/t13-,14+/m1/s1. The van der Waals surface area contributed by atoms with Gasteiger partial charge in [-0.15, -0.1) is 0 Å². The number of nitrogens with one attached hydrogen (secondary N) is 1. The van der Waals surface area contributed by atoms with E-state index >= 15 is 0 Å². The summed E-state index contributed by atoms with van der Waals surface area (Å²) in [4.78, 5) is 13.5. The van der Waals surface area contributed by atoms with Crippen LogP contribution in [0.2, 0.25) is 0 Å². The molecule has 0 radical (unpaired) electrons. The first kappa shape index (κ1) is 11.0. The summed E-state index contributed by atoms with van der Waals surface area (Å²) in [6, 6.07) is 11.3. The SMILES string of the molecule is O=C1CC[NH+](Cc2ccccc2)[C@H]2CCC[C@@H]12. The van der Waals surface area contributed by atoms with Crippen LogP contribution in [-0.4, -0.2) is 18.4 Å². The Bertz CT molecular complexity index is 401. The van der Waals surface area contributed by atoms with E-state index < -0.39 is 0 Å². The van der Waals surface area contributed by atoms with E-state index in [0.717, 1.165) is 25.9 Å². The van der Waals surface area contributed by atoms with Crippen molar-refractivity contribution in [2.75, 3.05) is 6.54 Å². The number of piperidine rings is 1. The lowest BCUT2D eigenvalue weighted by Gasteiger charge is -2.33. The van der Waals surface area contributed by atoms with E-state index in [-0.39, 0.29) is 0 Å². The van der Waals surface area contributed by atoms with Crippen molar-refractivity contribution in [1.29, 1.82) is 0 Å². The summed E-state index contributed by atoms with van der Waals surface area (Å²) in [6.45, 7) is 2.13. The van der Waals surface area contributed by atoms with Crippen LogP contribution in [0.4, 0.5) is 0 Å². The van der Waals surface area contributed by atoms with Crippen LogP contribution in [0.1, 0.15) is 31.2 Å². The quantitative estimate of drug-likeness (QED) is 0.810. The van der Waals surface area contributed by atoms with Gasteiger partial charge in [0.15, 0.2) is 0 Å². The summed E-state index contributed by atoms with van der Waals surface area (Å²) < 4.78 is 0. The van der Waals surface area contributed by atoms with E-state index in [1.807, 2.05) is 0 Å². The molecule has 1 aliphatic carbocycles. The number of likely N-dealkylation sites (tertiary alicyclic amines) is 1. The molecule has 90 valence electrons. The molecule has 1 saturated heterocycles. The van der Waals surface area contributed by atoms with E-state index in [1.165, 1.54) is 18.4 Å². The van der Waals surface area contributed by atoms with Crippen LogP contribution in [0.3, 0.4) is 0 Å². The molecule has 3 atom stereocenters. The van der Waals surface area contributed by atoms with E-state index in [4.69, 9.17) is 0 Å². The average molecular weight is 230 g/mol. The van der Waals surface area contributed by atoms with Gasteiger partial charge in [-0.3, -0.25) is 4.79 Å². The second-order valence-corrected chi connectivity index (χ2v) is 5.43. The summed E-state index contributed by atoms with van der Waals surface area (Å²) >= 11 is 0. The topological polar surface area (TPSA) is 21.5 Å². The minimum Gasteiger partial charge on any atom is -0.328 e. The van der Waals surface area contributed by atoms with Gasteiger partial charge >= 0.3 is 0 Å². The number of rotatable bonds is 2. The molecular weight excluding hydrogens is 210 g/mol. The second kappa shape index (κ2) is 4.61. The molecule has 1 aliphatic heterocycles. The fourth-order valence-electron chi connectivity index (χ4n) is 3.57. The lowest BCUT2D eigenvalue weighted by Crippen LogP contribution is -3.16. The van der Waals surface area contributed by atoms with Crippen LogP contribution < -0.4 is 4.90 Å². The van der Waals surface area contributed by atoms with E-state index in [0.29, 0.717) is 17.7 Å². The van der Waals surface area contributed by atoms with Gasteiger partial charge in [-0.1, -0.05) is 30.3 Å². The third-order valence-electron chi connectivity index (χ3n) is 4.42. The number of fused-ring (bicyclic) bond motifs is 1. The molecule has 0 spiro atoms. The first-order valence-electron chi connectivity index (χ1n) is 6.76. The monoisotopic (exact) mass is 230 g/mol. The molecule has 3 rings (SSSR count). The maximum absolute atomic E-state index is 11.9. The Labute approximate surface area is 103 Å². The molecule has 2 nitrogen and oxygen atoms in total. The van der Waals surface area contributed by atoms with Crippen LogP contribution >= 0.6 is 0 Å². The molecule has 1 aromatic carbocycles. The highest BCUT2D eigenvalue weighted by Crippen LogP contribution is 2.27. The van der Waals surface area contributed by atoms with Gasteiger partial charge in [0.25, 0.3) is 0 Å². The molecular formula is C15H20NO+. The summed E-state index contributed by atoms with van der Waals surface area (Å²) in [5, 5.41) is 0. The Kier molecular flexibility index (Phi) is 2.98. The molecule has 0 aromatic heterocycles. The Morgan fingerprint density at radius 2 is 2.00 bits per heavy atom. The molecule has 1 aromatic rings. The fraction of sp³-hybridized carbons (Fsp3) is 0.533. The highest BCUT2D eigenvalue weighted by Gasteiger charge is 2.43. The lowest BCUT2D eigenvalue weighted by atomic mass is 9.90. The van der Waals surface area contributed by atoms with Crippen molar-refractivity contribution in [3.63, 3.8) is 0 Å². The number of hydrogen-bond acceptors (Lipinski definition) is 1. The maximum Gasteiger partial charge on any atom is 0.147 e. The van der Waals surface area contributed by atoms with Crippen molar-refractivity contribution < 1.29 is 9.69 Å². The highest BCUT2D eigenvalue weighted by molar-refractivity contribution is 5.82. The predicted octanol–water partition coefficient (Wildman–Crippen LogP) is 1.21. The van der Waals surface area contributed by atoms with Crippen LogP contribution in [0.25, 0.3) is 0 Å². The summed E-state index contributed by atoms with van der Waals surface area (Å²) in [6.07, 6.45) is 4.43. The van der Waals surface area contributed by atoms with Gasteiger partial charge in [-0.2, -0.15) is 0 Å². The Hall–Kier alpha value is -1.15. The van der Waals surface area contributed by atoms with Crippen molar-refractivity contribution in [1.82, 2.24) is 0 Å². The Balaban J connectivity index is 1.73. The van der Waals surface area contributed by atoms with Crippen LogP contribution in [0.15, 0.2) is 30.3 Å². The molecule has 1 saturated carbocycles. The van der Waals surface area contributed by atoms with Crippen molar-refractivity contribution in [3.05, 3.63) is 35.9 Å². The molecule has 2 fully saturated rings. The van der Waals surface area contributed by atoms with Gasteiger partial charge in [0.05, 0.1) is 24.9 Å². The normalized spacial score (nSPS) is 32.5. The Morgan fingerprint density at radius 3 is 2.82 bits per heavy atom. The summed E-state index contributed by atoms with van der Waals surface area (Å²) in [5.41, 5.74) is 1.41. The Morgan fingerprint density at radius 1 is 1.18 bits per heavy atom. The number of carbonyl (C=O) groups excluding carboxylic acids is 1. The first-order valence-corrected chi connectivity index (χ1v) is 6.76. The van der Waals surface area contributed by atoms with Gasteiger partial charge < -0.3 is 4.90 Å². The van der Waals surface area contributed by atoms with Crippen molar-refractivity contribution in [2.24, 2.45) is 5.92 Å². The molecule has 2 heteroatoms. The second-order valence-electron chi connectivity index (χ2n) is 5.43. The molecule has 0 bridgehead atoms. The molecule has 0 amide bonds. The zero-order valence-corrected chi connectivity index (χ0v) is 10.2. The lowest BCUT2D eigenvalue weighted by molar-refractivity contribution is -0.942. The van der Waals surface area contributed by atoms with Crippen molar-refractivity contribution >= 4 is 5.78 Å². The van der Waals surface area contributed by atoms with Gasteiger partial charge in [0.2, 0.25) is 0 Å². The van der Waals surface area contributed by atoms with Gasteiger partial charge in [0.1, 0.15) is 12.3 Å². The van der Waals surface area contributed by atoms with Gasteiger partial charge in [-0.25, -0.2) is 0 Å². The van der Waals surface area contributed by atoms with Crippen molar-refractivity contribution in [3.8, 4) is 0 Å². The van der Waals surface area contributed by atoms with Crippen LogP contribution in [0.5, 0.6) is 0 Å². The molecule has 2 aliphatic rings. The number of Topliss-reactive ketones (excluding diaryl/α,β-unsaturated/α-hetero) is 1. The number of quaternary nitrogens is 1. The predicted molar refractivity (Wildman–Crippen MR) is 66.7 cm³/mol. The van der Waals surface area contributed by atoms with Crippen LogP contribution in [-0.2, 0) is 11.3 Å². The number of carbonyl (C=O) groups is 1. The average Bonchev–Trinajstić information content (AvgIpc) is 2.84. The van der Waals surface area contributed by atoms with E-state index in [2.05, 4.69) is 30.3 Å². The van der Waals surface area contributed by atoms with Crippen LogP contribution in [0, 0.1) is 5.92 Å². The van der Waals surface area contributed by atoms with Gasteiger partial charge in [-0.05, 0) is 12.8 Å². The highest BCUT2D eigenvalue weighted by atomic mass is 16.1. The zero-order valence-electron chi connectivity index (χ0n) is 10.2. The third-order valence-corrected chi connectivity index (χ3v) is 4.42. The minimum absolute atomic E-state index is 0.377. The zero-order chi connectivity index (χ0) is 11.7. The largest absolute Gasteiger partial charge is 0.328 e. The van der Waals surface area contributed by atoms with Crippen molar-refractivity contribution in [2.45, 2.75) is 38.3 Å². The summed E-state index contributed by atoms with van der Waals surface area (Å²) in [5.74, 6) is 0.909. The third kappa shape index (κ3) is 2.14. The summed E-state index contributed by atoms with van der Waals surface area (Å²) in [7, 11) is 0. The number of benzene rings is 1. The number of ketones is 1. The molecule has 17 heavy (non-hydrogen) atoms. The molecule has 1 unspecified atom stereocenters. The molecule has 1 N–H and O–H groups in total. The first-order chi connectivity index (χ1) is 8.34. The molecule has 1 heterocycles. The maximum atomic E-state index is 11.9. The number of hydrogen-bond donors (Lipinski definition) is 1. The minimum atomic E-state index is 0.377. The van der Waals surface area contributed by atoms with E-state index in [1.54, 1.807) is 4.90 Å². The van der Waals surface area contributed by atoms with Gasteiger partial charge in [0, 0.05) is 12.0 Å². The smallest absolute Gasteiger partial charge is 0.147 e. The van der Waals surface area contributed by atoms with E-state index in [9.17, 15) is 4.79 Å². The fourth-order valence-corrected chi connectivity index (χ4v) is 3.57.